The van der Waals surface area contributed by atoms with Gasteiger partial charge < -0.3 is 10.1 Å². The van der Waals surface area contributed by atoms with Gasteiger partial charge in [0.1, 0.15) is 11.9 Å². The van der Waals surface area contributed by atoms with Crippen LogP contribution >= 0.6 is 22.6 Å². The van der Waals surface area contributed by atoms with E-state index in [0.717, 1.165) is 46.7 Å². The average molecular weight is 377 g/mol. The Morgan fingerprint density at radius 2 is 1.95 bits per heavy atom. The molecule has 0 amide bonds. The lowest BCUT2D eigenvalue weighted by molar-refractivity contribution is 0.0699. The van der Waals surface area contributed by atoms with Crippen molar-refractivity contribution >= 4 is 28.4 Å². The second-order valence-corrected chi connectivity index (χ2v) is 5.54. The van der Waals surface area contributed by atoms with Gasteiger partial charge in [-0.2, -0.15) is 0 Å². The van der Waals surface area contributed by atoms with E-state index >= 15 is 0 Å². The topological polar surface area (TPSA) is 47.0 Å². The number of hydrogen-bond donors (Lipinski definition) is 1. The molecule has 0 saturated heterocycles. The van der Waals surface area contributed by atoms with Crippen molar-refractivity contribution in [3.05, 3.63) is 15.1 Å². The summed E-state index contributed by atoms with van der Waals surface area (Å²) in [7, 11) is 0. The SMILES string of the molecule is CCCNc1nc(C(C)OCC)nc(CCC)c1I. The van der Waals surface area contributed by atoms with Crippen LogP contribution in [-0.4, -0.2) is 23.1 Å². The van der Waals surface area contributed by atoms with Crippen LogP contribution in [0.4, 0.5) is 5.82 Å². The highest BCUT2D eigenvalue weighted by molar-refractivity contribution is 14.1. The van der Waals surface area contributed by atoms with Crippen LogP contribution in [0.1, 0.15) is 58.2 Å². The number of ether oxygens (including phenoxy) is 1. The quantitative estimate of drug-likeness (QED) is 0.697. The van der Waals surface area contributed by atoms with E-state index in [4.69, 9.17) is 4.74 Å². The molecule has 0 bridgehead atoms. The minimum Gasteiger partial charge on any atom is -0.371 e. The van der Waals surface area contributed by atoms with Crippen LogP contribution in [0, 0.1) is 3.57 Å². The van der Waals surface area contributed by atoms with Gasteiger partial charge in [-0.1, -0.05) is 20.3 Å². The molecule has 0 saturated carbocycles. The molecule has 5 heteroatoms. The maximum Gasteiger partial charge on any atom is 0.159 e. The van der Waals surface area contributed by atoms with Crippen molar-refractivity contribution in [2.45, 2.75) is 53.1 Å². The molecule has 1 heterocycles. The van der Waals surface area contributed by atoms with E-state index in [2.05, 4.69) is 51.7 Å². The first-order valence-corrected chi connectivity index (χ1v) is 8.13. The summed E-state index contributed by atoms with van der Waals surface area (Å²) in [6.07, 6.45) is 3.09. The molecule has 0 aromatic carbocycles. The Hall–Kier alpha value is -0.430. The molecule has 1 aromatic rings. The van der Waals surface area contributed by atoms with Crippen molar-refractivity contribution in [1.29, 1.82) is 0 Å². The molecule has 0 aliphatic rings. The average Bonchev–Trinajstić information content (AvgIpc) is 2.40. The summed E-state index contributed by atoms with van der Waals surface area (Å²) in [4.78, 5) is 9.28. The monoisotopic (exact) mass is 377 g/mol. The van der Waals surface area contributed by atoms with E-state index in [0.29, 0.717) is 6.61 Å². The van der Waals surface area contributed by atoms with Crippen molar-refractivity contribution in [3.8, 4) is 0 Å². The maximum absolute atomic E-state index is 5.61. The molecule has 1 aromatic heterocycles. The fraction of sp³-hybridized carbons (Fsp3) is 0.714. The van der Waals surface area contributed by atoms with E-state index in [9.17, 15) is 0 Å². The van der Waals surface area contributed by atoms with Gasteiger partial charge in [-0.15, -0.1) is 0 Å². The normalized spacial score (nSPS) is 12.5. The molecule has 1 rings (SSSR count). The second-order valence-electron chi connectivity index (χ2n) is 4.47. The summed E-state index contributed by atoms with van der Waals surface area (Å²) in [6, 6.07) is 0. The molecule has 108 valence electrons. The minimum absolute atomic E-state index is 0.0558. The third kappa shape index (κ3) is 4.87. The van der Waals surface area contributed by atoms with Crippen molar-refractivity contribution in [2.75, 3.05) is 18.5 Å². The first-order valence-electron chi connectivity index (χ1n) is 7.05. The highest BCUT2D eigenvalue weighted by Gasteiger charge is 2.15. The number of aryl methyl sites for hydroxylation is 1. The van der Waals surface area contributed by atoms with Crippen LogP contribution in [0.15, 0.2) is 0 Å². The molecular formula is C14H24IN3O. The molecule has 0 aliphatic heterocycles. The molecule has 0 aliphatic carbocycles. The lowest BCUT2D eigenvalue weighted by atomic mass is 10.2. The van der Waals surface area contributed by atoms with Crippen LogP contribution in [0.25, 0.3) is 0 Å². The van der Waals surface area contributed by atoms with Gasteiger partial charge in [0.2, 0.25) is 0 Å². The van der Waals surface area contributed by atoms with E-state index in [-0.39, 0.29) is 6.10 Å². The Morgan fingerprint density at radius 1 is 1.21 bits per heavy atom. The highest BCUT2D eigenvalue weighted by Crippen LogP contribution is 2.23. The fourth-order valence-electron chi connectivity index (χ4n) is 1.78. The standard InChI is InChI=1S/C14H24IN3O/c1-5-8-11-12(15)14(16-9-6-2)18-13(17-11)10(4)19-7-3/h10H,5-9H2,1-4H3,(H,16,17,18). The van der Waals surface area contributed by atoms with E-state index < -0.39 is 0 Å². The number of nitrogens with one attached hydrogen (secondary N) is 1. The van der Waals surface area contributed by atoms with Crippen LogP contribution in [0.3, 0.4) is 0 Å². The zero-order valence-corrected chi connectivity index (χ0v) is 14.5. The number of anilines is 1. The predicted octanol–water partition coefficient (Wildman–Crippen LogP) is 3.95. The van der Waals surface area contributed by atoms with Crippen LogP contribution in [-0.2, 0) is 11.2 Å². The number of halogens is 1. The van der Waals surface area contributed by atoms with Gasteiger partial charge in [-0.25, -0.2) is 9.97 Å². The number of aromatic nitrogens is 2. The fourth-order valence-corrected chi connectivity index (χ4v) is 2.48. The number of rotatable bonds is 8. The summed E-state index contributed by atoms with van der Waals surface area (Å²) in [5, 5.41) is 3.38. The minimum atomic E-state index is -0.0558. The summed E-state index contributed by atoms with van der Waals surface area (Å²) in [5.41, 5.74) is 1.12. The van der Waals surface area contributed by atoms with Crippen molar-refractivity contribution in [2.24, 2.45) is 0 Å². The molecule has 1 atom stereocenters. The van der Waals surface area contributed by atoms with Gasteiger partial charge in [-0.05, 0) is 49.3 Å². The van der Waals surface area contributed by atoms with Gasteiger partial charge in [0.25, 0.3) is 0 Å². The molecule has 19 heavy (non-hydrogen) atoms. The molecule has 0 spiro atoms. The summed E-state index contributed by atoms with van der Waals surface area (Å²) >= 11 is 2.34. The Labute approximate surface area is 129 Å². The van der Waals surface area contributed by atoms with Gasteiger partial charge in [0.15, 0.2) is 5.82 Å². The maximum atomic E-state index is 5.61. The summed E-state index contributed by atoms with van der Waals surface area (Å²) in [5.74, 6) is 1.73. The first kappa shape index (κ1) is 16.6. The van der Waals surface area contributed by atoms with Gasteiger partial charge in [0, 0.05) is 13.2 Å². The zero-order chi connectivity index (χ0) is 14.3. The molecular weight excluding hydrogens is 353 g/mol. The largest absolute Gasteiger partial charge is 0.371 e. The predicted molar refractivity (Wildman–Crippen MR) is 87.6 cm³/mol. The lowest BCUT2D eigenvalue weighted by Gasteiger charge is -2.16. The van der Waals surface area contributed by atoms with Crippen molar-refractivity contribution in [3.63, 3.8) is 0 Å². The van der Waals surface area contributed by atoms with Crippen LogP contribution in [0.5, 0.6) is 0 Å². The lowest BCUT2D eigenvalue weighted by Crippen LogP contribution is -2.13. The van der Waals surface area contributed by atoms with Crippen LogP contribution in [0.2, 0.25) is 0 Å². The second kappa shape index (κ2) is 8.68. The highest BCUT2D eigenvalue weighted by atomic mass is 127. The Bertz CT molecular complexity index is 399. The Balaban J connectivity index is 3.06. The van der Waals surface area contributed by atoms with E-state index in [1.165, 1.54) is 0 Å². The third-order valence-electron chi connectivity index (χ3n) is 2.75. The Kier molecular flexibility index (Phi) is 7.60. The molecule has 0 radical (unpaired) electrons. The zero-order valence-electron chi connectivity index (χ0n) is 12.3. The summed E-state index contributed by atoms with van der Waals surface area (Å²) in [6.45, 7) is 9.93. The van der Waals surface area contributed by atoms with Crippen molar-refractivity contribution in [1.82, 2.24) is 9.97 Å². The third-order valence-corrected chi connectivity index (χ3v) is 3.88. The van der Waals surface area contributed by atoms with Crippen molar-refractivity contribution < 1.29 is 4.74 Å². The molecule has 0 fully saturated rings. The Morgan fingerprint density at radius 3 is 2.53 bits per heavy atom. The van der Waals surface area contributed by atoms with E-state index in [1.54, 1.807) is 0 Å². The van der Waals surface area contributed by atoms with Crippen LogP contribution < -0.4 is 5.32 Å². The first-order chi connectivity index (χ1) is 9.13. The van der Waals surface area contributed by atoms with Gasteiger partial charge in [0.05, 0.1) is 9.26 Å². The summed E-state index contributed by atoms with van der Waals surface area (Å²) < 4.78 is 6.74. The molecule has 4 nitrogen and oxygen atoms in total. The van der Waals surface area contributed by atoms with Gasteiger partial charge >= 0.3 is 0 Å². The molecule has 1 unspecified atom stereocenters. The van der Waals surface area contributed by atoms with E-state index in [1.807, 2.05) is 13.8 Å². The smallest absolute Gasteiger partial charge is 0.159 e. The molecule has 1 N–H and O–H groups in total. The number of hydrogen-bond acceptors (Lipinski definition) is 4. The van der Waals surface area contributed by atoms with Gasteiger partial charge in [-0.3, -0.25) is 0 Å². The number of nitrogens with zero attached hydrogens (tertiary/aromatic N) is 2.